The lowest BCUT2D eigenvalue weighted by atomic mass is 10.2. The average molecular weight is 319 g/mol. The molecule has 1 amide bonds. The summed E-state index contributed by atoms with van der Waals surface area (Å²) >= 11 is 1.52. The zero-order valence-electron chi connectivity index (χ0n) is 13.0. The van der Waals surface area contributed by atoms with Crippen LogP contribution in [0.25, 0.3) is 0 Å². The highest BCUT2D eigenvalue weighted by molar-refractivity contribution is 7.99. The lowest BCUT2D eigenvalue weighted by Crippen LogP contribution is -2.27. The van der Waals surface area contributed by atoms with Gasteiger partial charge in [-0.2, -0.15) is 0 Å². The number of nitrogens with one attached hydrogen (secondary N) is 1. The molecule has 0 aliphatic rings. The van der Waals surface area contributed by atoms with Gasteiger partial charge in [0, 0.05) is 5.69 Å². The van der Waals surface area contributed by atoms with Crippen LogP contribution in [-0.4, -0.2) is 26.4 Å². The number of anilines is 2. The number of hydrogen-bond donors (Lipinski definition) is 2. The molecule has 0 aliphatic heterocycles. The van der Waals surface area contributed by atoms with Crippen LogP contribution in [-0.2, 0) is 4.79 Å². The van der Waals surface area contributed by atoms with E-state index < -0.39 is 6.04 Å². The highest BCUT2D eigenvalue weighted by Crippen LogP contribution is 2.25. The number of amides is 1. The van der Waals surface area contributed by atoms with E-state index in [1.807, 2.05) is 45.0 Å². The Morgan fingerprint density at radius 1 is 1.32 bits per heavy atom. The molecule has 2 rings (SSSR count). The number of nitrogen functional groups attached to an aromatic ring is 1. The average Bonchev–Trinajstić information content (AvgIpc) is 2.85. The number of rotatable bonds is 6. The number of carbonyl (C=O) groups excluding carboxylic acids is 1. The highest BCUT2D eigenvalue weighted by atomic mass is 32.2. The van der Waals surface area contributed by atoms with E-state index in [-0.39, 0.29) is 11.9 Å². The number of nitrogens with zero attached hydrogens (tertiary/aromatic N) is 3. The molecule has 0 aliphatic carbocycles. The Labute approximate surface area is 134 Å². The lowest BCUT2D eigenvalue weighted by molar-refractivity contribution is -0.119. The van der Waals surface area contributed by atoms with Gasteiger partial charge in [0.2, 0.25) is 11.9 Å². The third-order valence-corrected chi connectivity index (χ3v) is 4.11. The molecule has 1 atom stereocenters. The van der Waals surface area contributed by atoms with Gasteiger partial charge in [-0.05, 0) is 31.2 Å². The fourth-order valence-electron chi connectivity index (χ4n) is 2.16. The summed E-state index contributed by atoms with van der Waals surface area (Å²) < 4.78 is 1.71. The number of thioether (sulfide) groups is 1. The predicted molar refractivity (Wildman–Crippen MR) is 90.0 cm³/mol. The third-order valence-electron chi connectivity index (χ3n) is 3.28. The minimum Gasteiger partial charge on any atom is -0.368 e. The van der Waals surface area contributed by atoms with Gasteiger partial charge in [-0.15, -0.1) is 10.2 Å². The van der Waals surface area contributed by atoms with Gasteiger partial charge in [0.1, 0.15) is 6.04 Å². The summed E-state index contributed by atoms with van der Waals surface area (Å²) in [7, 11) is 0. The van der Waals surface area contributed by atoms with Crippen molar-refractivity contribution in [3.05, 3.63) is 29.8 Å². The zero-order chi connectivity index (χ0) is 16.1. The van der Waals surface area contributed by atoms with E-state index >= 15 is 0 Å². The molecule has 0 fully saturated rings. The summed E-state index contributed by atoms with van der Waals surface area (Å²) in [6.07, 6.45) is 0.608. The van der Waals surface area contributed by atoms with Crippen molar-refractivity contribution < 1.29 is 4.79 Å². The van der Waals surface area contributed by atoms with E-state index in [1.54, 1.807) is 4.57 Å². The first-order valence-electron chi connectivity index (χ1n) is 7.27. The Balaban J connectivity index is 2.22. The molecule has 0 saturated carbocycles. The number of benzene rings is 1. The maximum Gasteiger partial charge on any atom is 0.247 e. The molecule has 0 radical (unpaired) electrons. The van der Waals surface area contributed by atoms with Gasteiger partial charge < -0.3 is 11.1 Å². The summed E-state index contributed by atoms with van der Waals surface area (Å²) in [5.41, 5.74) is 7.81. The third kappa shape index (κ3) is 3.59. The summed E-state index contributed by atoms with van der Waals surface area (Å²) in [6, 6.07) is 7.27. The summed E-state index contributed by atoms with van der Waals surface area (Å²) in [6.45, 7) is 5.97. The van der Waals surface area contributed by atoms with Gasteiger partial charge in [-0.1, -0.05) is 43.3 Å². The molecule has 22 heavy (non-hydrogen) atoms. The van der Waals surface area contributed by atoms with Crippen LogP contribution in [0.2, 0.25) is 0 Å². The van der Waals surface area contributed by atoms with E-state index in [0.717, 1.165) is 17.0 Å². The van der Waals surface area contributed by atoms with Gasteiger partial charge in [0.15, 0.2) is 5.16 Å². The van der Waals surface area contributed by atoms with E-state index in [9.17, 15) is 4.79 Å². The Morgan fingerprint density at radius 3 is 2.59 bits per heavy atom. The van der Waals surface area contributed by atoms with Crippen LogP contribution in [0.5, 0.6) is 0 Å². The highest BCUT2D eigenvalue weighted by Gasteiger charge is 2.24. The molecule has 1 aromatic carbocycles. The first-order chi connectivity index (χ1) is 10.6. The smallest absolute Gasteiger partial charge is 0.247 e. The standard InChI is InChI=1S/C15H21N5OS/c1-4-12(20-14(16)18-19-15(20)22-5-2)13(21)17-11-8-6-10(3)7-9-11/h6-9,12H,4-5H2,1-3H3,(H2,16,18)(H,17,21)/t12-/m0/s1. The number of nitrogens with two attached hydrogens (primary N) is 1. The van der Waals surface area contributed by atoms with Crippen molar-refractivity contribution in [3.63, 3.8) is 0 Å². The molecule has 2 aromatic rings. The number of hydrogen-bond acceptors (Lipinski definition) is 5. The van der Waals surface area contributed by atoms with Crippen LogP contribution in [0.1, 0.15) is 31.9 Å². The van der Waals surface area contributed by atoms with Gasteiger partial charge in [0.05, 0.1) is 0 Å². The lowest BCUT2D eigenvalue weighted by Gasteiger charge is -2.19. The first kappa shape index (κ1) is 16.4. The maximum absolute atomic E-state index is 12.6. The van der Waals surface area contributed by atoms with Gasteiger partial charge >= 0.3 is 0 Å². The van der Waals surface area contributed by atoms with Crippen LogP contribution in [0.3, 0.4) is 0 Å². The molecule has 6 nitrogen and oxygen atoms in total. The molecule has 3 N–H and O–H groups in total. The quantitative estimate of drug-likeness (QED) is 0.800. The summed E-state index contributed by atoms with van der Waals surface area (Å²) in [4.78, 5) is 12.6. The molecule has 0 bridgehead atoms. The van der Waals surface area contributed by atoms with Crippen molar-refractivity contribution in [3.8, 4) is 0 Å². The van der Waals surface area contributed by atoms with E-state index in [1.165, 1.54) is 11.8 Å². The topological polar surface area (TPSA) is 85.8 Å². The molecule has 7 heteroatoms. The van der Waals surface area contributed by atoms with Crippen LogP contribution >= 0.6 is 11.8 Å². The molecule has 1 heterocycles. The van der Waals surface area contributed by atoms with Crippen LogP contribution < -0.4 is 11.1 Å². The molecule has 0 spiro atoms. The maximum atomic E-state index is 12.6. The summed E-state index contributed by atoms with van der Waals surface area (Å²) in [5.74, 6) is 0.992. The molecule has 118 valence electrons. The van der Waals surface area contributed by atoms with E-state index in [2.05, 4.69) is 15.5 Å². The zero-order valence-corrected chi connectivity index (χ0v) is 13.9. The molecule has 1 aromatic heterocycles. The number of aryl methyl sites for hydroxylation is 1. The number of aromatic nitrogens is 3. The largest absolute Gasteiger partial charge is 0.368 e. The molecular formula is C15H21N5OS. The monoisotopic (exact) mass is 319 g/mol. The van der Waals surface area contributed by atoms with Crippen LogP contribution in [0, 0.1) is 6.92 Å². The van der Waals surface area contributed by atoms with E-state index in [4.69, 9.17) is 5.73 Å². The molecule has 0 saturated heterocycles. The van der Waals surface area contributed by atoms with Crippen molar-refractivity contribution in [2.24, 2.45) is 0 Å². The van der Waals surface area contributed by atoms with Crippen molar-refractivity contribution in [2.45, 2.75) is 38.4 Å². The van der Waals surface area contributed by atoms with Crippen LogP contribution in [0.4, 0.5) is 11.6 Å². The normalized spacial score (nSPS) is 12.1. The second-order valence-corrected chi connectivity index (χ2v) is 6.15. The predicted octanol–water partition coefficient (Wildman–Crippen LogP) is 2.87. The minimum atomic E-state index is -0.426. The fourth-order valence-corrected chi connectivity index (χ4v) is 2.87. The SMILES string of the molecule is CCSc1nnc(N)n1[C@@H](CC)C(=O)Nc1ccc(C)cc1. The second kappa shape index (κ2) is 7.31. The Morgan fingerprint density at radius 2 is 2.00 bits per heavy atom. The van der Waals surface area contributed by atoms with Gasteiger partial charge in [0.25, 0.3) is 0 Å². The minimum absolute atomic E-state index is 0.115. The Kier molecular flexibility index (Phi) is 5.43. The van der Waals surface area contributed by atoms with Crippen molar-refractivity contribution in [1.82, 2.24) is 14.8 Å². The number of carbonyl (C=O) groups is 1. The first-order valence-corrected chi connectivity index (χ1v) is 8.26. The molecular weight excluding hydrogens is 298 g/mol. The summed E-state index contributed by atoms with van der Waals surface area (Å²) in [5, 5.41) is 11.5. The Bertz CT molecular complexity index is 638. The second-order valence-electron chi connectivity index (χ2n) is 4.92. The van der Waals surface area contributed by atoms with Gasteiger partial charge in [-0.25, -0.2) is 0 Å². The van der Waals surface area contributed by atoms with Crippen molar-refractivity contribution >= 4 is 29.3 Å². The molecule has 0 unspecified atom stereocenters. The van der Waals surface area contributed by atoms with E-state index in [0.29, 0.717) is 11.6 Å². The Hall–Kier alpha value is -2.02. The van der Waals surface area contributed by atoms with Crippen molar-refractivity contribution in [2.75, 3.05) is 16.8 Å². The van der Waals surface area contributed by atoms with Gasteiger partial charge in [-0.3, -0.25) is 9.36 Å². The van der Waals surface area contributed by atoms with Crippen molar-refractivity contribution in [1.29, 1.82) is 0 Å². The van der Waals surface area contributed by atoms with Crippen LogP contribution in [0.15, 0.2) is 29.4 Å². The fraction of sp³-hybridized carbons (Fsp3) is 0.400.